The van der Waals surface area contributed by atoms with Crippen LogP contribution in [0.1, 0.15) is 17.8 Å². The van der Waals surface area contributed by atoms with Gasteiger partial charge in [0.05, 0.1) is 6.42 Å². The van der Waals surface area contributed by atoms with Gasteiger partial charge in [0.2, 0.25) is 5.91 Å². The van der Waals surface area contributed by atoms with Gasteiger partial charge < -0.3 is 10.2 Å². The molecule has 3 rings (SSSR count). The maximum Gasteiger partial charge on any atom is 0.226 e. The fourth-order valence-corrected chi connectivity index (χ4v) is 2.97. The first-order chi connectivity index (χ1) is 11.1. The summed E-state index contributed by atoms with van der Waals surface area (Å²) >= 11 is 6.04. The predicted octanol–water partition coefficient (Wildman–Crippen LogP) is 2.22. The van der Waals surface area contributed by atoms with Crippen LogP contribution in [0.4, 0.5) is 5.69 Å². The van der Waals surface area contributed by atoms with Gasteiger partial charge >= 0.3 is 0 Å². The van der Waals surface area contributed by atoms with E-state index in [-0.39, 0.29) is 12.3 Å². The van der Waals surface area contributed by atoms with Gasteiger partial charge in [-0.1, -0.05) is 28.0 Å². The van der Waals surface area contributed by atoms with Crippen LogP contribution in [0.2, 0.25) is 5.02 Å². The summed E-state index contributed by atoms with van der Waals surface area (Å²) in [6, 6.07) is 7.87. The summed E-state index contributed by atoms with van der Waals surface area (Å²) in [5.41, 5.74) is 2.39. The van der Waals surface area contributed by atoms with Crippen LogP contribution in [0.5, 0.6) is 0 Å². The van der Waals surface area contributed by atoms with Crippen molar-refractivity contribution in [3.63, 3.8) is 0 Å². The fourth-order valence-electron chi connectivity index (χ4n) is 2.79. The van der Waals surface area contributed by atoms with E-state index in [1.807, 2.05) is 18.2 Å². The van der Waals surface area contributed by atoms with Gasteiger partial charge in [-0.3, -0.25) is 4.79 Å². The Bertz CT molecular complexity index is 688. The lowest BCUT2D eigenvalue weighted by Gasteiger charge is -2.19. The molecule has 1 aromatic carbocycles. The molecule has 2 aromatic rings. The summed E-state index contributed by atoms with van der Waals surface area (Å²) in [7, 11) is 0. The van der Waals surface area contributed by atoms with Gasteiger partial charge in [-0.05, 0) is 37.5 Å². The molecule has 7 heteroatoms. The lowest BCUT2D eigenvalue weighted by atomic mass is 10.1. The van der Waals surface area contributed by atoms with Crippen molar-refractivity contribution in [2.24, 2.45) is 5.92 Å². The second-order valence-electron chi connectivity index (χ2n) is 5.86. The molecule has 1 aliphatic rings. The molecule has 122 valence electrons. The molecule has 0 radical (unpaired) electrons. The van der Waals surface area contributed by atoms with E-state index < -0.39 is 0 Å². The molecule has 1 saturated heterocycles. The van der Waals surface area contributed by atoms with Crippen molar-refractivity contribution >= 4 is 23.2 Å². The number of hydrogen-bond acceptors (Lipinski definition) is 5. The zero-order chi connectivity index (χ0) is 16.2. The molecule has 1 aliphatic heterocycles. The highest BCUT2D eigenvalue weighted by molar-refractivity contribution is 6.30. The van der Waals surface area contributed by atoms with Crippen molar-refractivity contribution in [2.75, 3.05) is 24.5 Å². The van der Waals surface area contributed by atoms with Crippen LogP contribution in [-0.4, -0.2) is 35.9 Å². The number of anilines is 1. The molecule has 6 nitrogen and oxygen atoms in total. The number of rotatable bonds is 5. The first kappa shape index (κ1) is 15.8. The maximum atomic E-state index is 12.0. The number of amides is 1. The molecule has 0 aliphatic carbocycles. The van der Waals surface area contributed by atoms with Crippen LogP contribution < -0.4 is 10.2 Å². The van der Waals surface area contributed by atoms with Crippen molar-refractivity contribution in [1.82, 2.24) is 15.6 Å². The maximum absolute atomic E-state index is 12.0. The normalized spacial score (nSPS) is 17.5. The highest BCUT2D eigenvalue weighted by Gasteiger charge is 2.23. The third kappa shape index (κ3) is 4.01. The summed E-state index contributed by atoms with van der Waals surface area (Å²) < 4.78 is 4.60. The monoisotopic (exact) mass is 334 g/mol. The molecule has 2 heterocycles. The largest absolute Gasteiger partial charge is 0.371 e. The van der Waals surface area contributed by atoms with Crippen LogP contribution >= 0.6 is 11.6 Å². The predicted molar refractivity (Wildman–Crippen MR) is 87.5 cm³/mol. The van der Waals surface area contributed by atoms with Crippen LogP contribution in [0, 0.1) is 12.8 Å². The molecule has 0 bridgehead atoms. The third-order valence-electron chi connectivity index (χ3n) is 4.12. The minimum Gasteiger partial charge on any atom is -0.371 e. The van der Waals surface area contributed by atoms with E-state index in [0.717, 1.165) is 30.2 Å². The quantitative estimate of drug-likeness (QED) is 0.907. The number of carbonyl (C=O) groups excluding carboxylic acids is 1. The van der Waals surface area contributed by atoms with Crippen molar-refractivity contribution < 1.29 is 9.42 Å². The summed E-state index contributed by atoms with van der Waals surface area (Å²) in [6.45, 7) is 4.34. The highest BCUT2D eigenvalue weighted by Crippen LogP contribution is 2.25. The van der Waals surface area contributed by atoms with Crippen molar-refractivity contribution in [2.45, 2.75) is 19.8 Å². The van der Waals surface area contributed by atoms with Crippen molar-refractivity contribution in [3.05, 3.63) is 40.7 Å². The number of aromatic nitrogens is 2. The lowest BCUT2D eigenvalue weighted by Crippen LogP contribution is -2.32. The van der Waals surface area contributed by atoms with Gasteiger partial charge in [0.1, 0.15) is 11.4 Å². The number of aryl methyl sites for hydroxylation is 1. The Morgan fingerprint density at radius 1 is 1.48 bits per heavy atom. The number of carbonyl (C=O) groups is 1. The van der Waals surface area contributed by atoms with E-state index in [4.69, 9.17) is 11.6 Å². The van der Waals surface area contributed by atoms with E-state index in [1.54, 1.807) is 6.92 Å². The Morgan fingerprint density at radius 3 is 3.09 bits per heavy atom. The second-order valence-corrected chi connectivity index (χ2v) is 6.29. The summed E-state index contributed by atoms with van der Waals surface area (Å²) in [4.78, 5) is 14.3. The minimum atomic E-state index is -0.0509. The van der Waals surface area contributed by atoms with E-state index >= 15 is 0 Å². The Balaban J connectivity index is 1.47. The Morgan fingerprint density at radius 2 is 2.35 bits per heavy atom. The first-order valence-corrected chi connectivity index (χ1v) is 8.05. The van der Waals surface area contributed by atoms with Crippen molar-refractivity contribution in [1.29, 1.82) is 0 Å². The smallest absolute Gasteiger partial charge is 0.226 e. The SMILES string of the molecule is Cc1nonc1CC(=O)NCC1CCN(c2cccc(Cl)c2)C1. The van der Waals surface area contributed by atoms with Gasteiger partial charge in [-0.25, -0.2) is 4.63 Å². The van der Waals surface area contributed by atoms with E-state index in [2.05, 4.69) is 31.2 Å². The molecule has 1 amide bonds. The molecule has 0 saturated carbocycles. The third-order valence-corrected chi connectivity index (χ3v) is 4.36. The Hall–Kier alpha value is -2.08. The average Bonchev–Trinajstić information content (AvgIpc) is 3.15. The summed E-state index contributed by atoms with van der Waals surface area (Å²) in [5.74, 6) is 0.388. The molecule has 1 N–H and O–H groups in total. The van der Waals surface area contributed by atoms with Gasteiger partial charge in [0.25, 0.3) is 0 Å². The van der Waals surface area contributed by atoms with E-state index in [9.17, 15) is 4.79 Å². The fraction of sp³-hybridized carbons (Fsp3) is 0.438. The molecule has 1 aromatic heterocycles. The van der Waals surface area contributed by atoms with Crippen molar-refractivity contribution in [3.8, 4) is 0 Å². The van der Waals surface area contributed by atoms with E-state index in [0.29, 0.717) is 23.9 Å². The molecule has 1 fully saturated rings. The zero-order valence-corrected chi connectivity index (χ0v) is 13.7. The van der Waals surface area contributed by atoms with Gasteiger partial charge in [-0.2, -0.15) is 0 Å². The standard InChI is InChI=1S/C16H19ClN4O2/c1-11-15(20-23-19-11)8-16(22)18-9-12-5-6-21(10-12)14-4-2-3-13(17)7-14/h2-4,7,12H,5-6,8-10H2,1H3,(H,18,22). The topological polar surface area (TPSA) is 71.3 Å². The van der Waals surface area contributed by atoms with E-state index in [1.165, 1.54) is 0 Å². The minimum absolute atomic E-state index is 0.0509. The van der Waals surface area contributed by atoms with Crippen LogP contribution in [-0.2, 0) is 11.2 Å². The summed E-state index contributed by atoms with van der Waals surface area (Å²) in [6.07, 6.45) is 1.26. The number of benzene rings is 1. The Kier molecular flexibility index (Phi) is 4.81. The van der Waals surface area contributed by atoms with Crippen LogP contribution in [0.3, 0.4) is 0 Å². The number of hydrogen-bond donors (Lipinski definition) is 1. The summed E-state index contributed by atoms with van der Waals surface area (Å²) in [5, 5.41) is 11.1. The molecular weight excluding hydrogens is 316 g/mol. The Labute approximate surface area is 139 Å². The van der Waals surface area contributed by atoms with Crippen LogP contribution in [0.15, 0.2) is 28.9 Å². The average molecular weight is 335 g/mol. The number of halogens is 1. The molecular formula is C16H19ClN4O2. The van der Waals surface area contributed by atoms with Gasteiger partial charge in [0, 0.05) is 30.3 Å². The molecule has 0 spiro atoms. The second kappa shape index (κ2) is 7.00. The van der Waals surface area contributed by atoms with Gasteiger partial charge in [0.15, 0.2) is 0 Å². The molecule has 1 atom stereocenters. The lowest BCUT2D eigenvalue weighted by molar-refractivity contribution is -0.120. The molecule has 1 unspecified atom stereocenters. The highest BCUT2D eigenvalue weighted by atomic mass is 35.5. The van der Waals surface area contributed by atoms with Crippen LogP contribution in [0.25, 0.3) is 0 Å². The molecule has 23 heavy (non-hydrogen) atoms. The number of nitrogens with zero attached hydrogens (tertiary/aromatic N) is 3. The first-order valence-electron chi connectivity index (χ1n) is 7.67. The number of nitrogens with one attached hydrogen (secondary N) is 1. The van der Waals surface area contributed by atoms with Gasteiger partial charge in [-0.15, -0.1) is 0 Å². The zero-order valence-electron chi connectivity index (χ0n) is 13.0.